The van der Waals surface area contributed by atoms with Crippen LogP contribution in [0.3, 0.4) is 0 Å². The second-order valence-corrected chi connectivity index (χ2v) is 5.44. The van der Waals surface area contributed by atoms with Crippen molar-refractivity contribution >= 4 is 17.9 Å². The van der Waals surface area contributed by atoms with E-state index < -0.39 is 5.97 Å². The van der Waals surface area contributed by atoms with E-state index in [0.29, 0.717) is 13.0 Å². The van der Waals surface area contributed by atoms with Crippen LogP contribution in [0.1, 0.15) is 38.5 Å². The van der Waals surface area contributed by atoms with Gasteiger partial charge in [0.1, 0.15) is 0 Å². The molecule has 1 unspecified atom stereocenters. The fourth-order valence-electron chi connectivity index (χ4n) is 2.45. The normalized spacial score (nSPS) is 22.2. The Morgan fingerprint density at radius 2 is 1.90 bits per heavy atom. The number of nitrogens with zero attached hydrogens (tertiary/aromatic N) is 1. The number of carboxylic acids is 1. The van der Waals surface area contributed by atoms with Crippen molar-refractivity contribution in [2.24, 2.45) is 0 Å². The van der Waals surface area contributed by atoms with Crippen molar-refractivity contribution in [1.29, 1.82) is 0 Å². The zero-order valence-corrected chi connectivity index (χ0v) is 11.4. The predicted molar refractivity (Wildman–Crippen MR) is 71.2 cm³/mol. The minimum Gasteiger partial charge on any atom is -0.481 e. The quantitative estimate of drug-likeness (QED) is 0.676. The number of hydrogen-bond donors (Lipinski definition) is 3. The number of nitrogens with one attached hydrogen (secondary N) is 2. The molecule has 3 amide bonds. The highest BCUT2D eigenvalue weighted by Gasteiger charge is 2.29. The van der Waals surface area contributed by atoms with Crippen LogP contribution in [0.2, 0.25) is 0 Å². The van der Waals surface area contributed by atoms with E-state index in [1.165, 1.54) is 0 Å². The van der Waals surface area contributed by atoms with Crippen LogP contribution in [-0.2, 0) is 9.59 Å². The molecule has 20 heavy (non-hydrogen) atoms. The van der Waals surface area contributed by atoms with Gasteiger partial charge in [-0.25, -0.2) is 4.79 Å². The fourth-order valence-corrected chi connectivity index (χ4v) is 2.45. The van der Waals surface area contributed by atoms with Crippen LogP contribution in [0.25, 0.3) is 0 Å². The number of rotatable bonds is 5. The number of carbonyl (C=O) groups is 3. The summed E-state index contributed by atoms with van der Waals surface area (Å²) in [6.07, 6.45) is 4.48. The number of hydrogen-bond acceptors (Lipinski definition) is 3. The molecule has 7 heteroatoms. The molecule has 7 nitrogen and oxygen atoms in total. The second kappa shape index (κ2) is 6.58. The standard InChI is InChI=1S/C13H21N3O4/c17-11(15-9-4-5-9)8-14-13(20)16-6-2-1-3-10(16)7-12(18)19/h9-10H,1-8H2,(H,14,20)(H,15,17)(H,18,19). The Kier molecular flexibility index (Phi) is 4.81. The molecule has 0 bridgehead atoms. The summed E-state index contributed by atoms with van der Waals surface area (Å²) in [5, 5.41) is 14.2. The molecule has 3 N–H and O–H groups in total. The van der Waals surface area contributed by atoms with Gasteiger partial charge in [0.2, 0.25) is 5.91 Å². The van der Waals surface area contributed by atoms with Gasteiger partial charge in [0.25, 0.3) is 0 Å². The molecule has 2 rings (SSSR count). The molecule has 1 aliphatic carbocycles. The summed E-state index contributed by atoms with van der Waals surface area (Å²) in [5.41, 5.74) is 0. The Balaban J connectivity index is 1.78. The summed E-state index contributed by atoms with van der Waals surface area (Å²) in [7, 11) is 0. The van der Waals surface area contributed by atoms with E-state index in [4.69, 9.17) is 5.11 Å². The molecule has 2 aliphatic rings. The number of amides is 3. The highest BCUT2D eigenvalue weighted by molar-refractivity contribution is 5.84. The minimum atomic E-state index is -0.902. The van der Waals surface area contributed by atoms with Gasteiger partial charge in [-0.05, 0) is 32.1 Å². The van der Waals surface area contributed by atoms with Gasteiger partial charge >= 0.3 is 12.0 Å². The maximum absolute atomic E-state index is 12.0. The van der Waals surface area contributed by atoms with Crippen molar-refractivity contribution in [1.82, 2.24) is 15.5 Å². The average Bonchev–Trinajstić information content (AvgIpc) is 3.20. The Hall–Kier alpha value is -1.79. The molecule has 1 saturated heterocycles. The van der Waals surface area contributed by atoms with E-state index >= 15 is 0 Å². The predicted octanol–water partition coefficient (Wildman–Crippen LogP) is 0.304. The van der Waals surface area contributed by atoms with Crippen LogP contribution in [0, 0.1) is 0 Å². The molecular weight excluding hydrogens is 262 g/mol. The number of carboxylic acid groups (broad SMARTS) is 1. The molecule has 0 radical (unpaired) electrons. The van der Waals surface area contributed by atoms with Gasteiger partial charge in [0.15, 0.2) is 0 Å². The van der Waals surface area contributed by atoms with Gasteiger partial charge < -0.3 is 20.6 Å². The van der Waals surface area contributed by atoms with E-state index in [-0.39, 0.29) is 37.0 Å². The third kappa shape index (κ3) is 4.40. The lowest BCUT2D eigenvalue weighted by Crippen LogP contribution is -2.51. The molecular formula is C13H21N3O4. The van der Waals surface area contributed by atoms with Crippen molar-refractivity contribution in [2.75, 3.05) is 13.1 Å². The maximum Gasteiger partial charge on any atom is 0.318 e. The molecule has 2 fully saturated rings. The summed E-state index contributed by atoms with van der Waals surface area (Å²) >= 11 is 0. The average molecular weight is 283 g/mol. The van der Waals surface area contributed by atoms with Crippen LogP contribution < -0.4 is 10.6 Å². The van der Waals surface area contributed by atoms with Crippen molar-refractivity contribution < 1.29 is 19.5 Å². The third-order valence-electron chi connectivity index (χ3n) is 3.64. The van der Waals surface area contributed by atoms with E-state index in [0.717, 1.165) is 25.7 Å². The molecule has 1 saturated carbocycles. The summed E-state index contributed by atoms with van der Waals surface area (Å²) in [5.74, 6) is -1.09. The first-order valence-corrected chi connectivity index (χ1v) is 7.12. The third-order valence-corrected chi connectivity index (χ3v) is 3.64. The van der Waals surface area contributed by atoms with Crippen LogP contribution in [0.4, 0.5) is 4.79 Å². The number of piperidine rings is 1. The highest BCUT2D eigenvalue weighted by Crippen LogP contribution is 2.20. The topological polar surface area (TPSA) is 98.7 Å². The summed E-state index contributed by atoms with van der Waals surface area (Å²) in [4.78, 5) is 35.9. The van der Waals surface area contributed by atoms with Crippen molar-refractivity contribution in [3.63, 3.8) is 0 Å². The van der Waals surface area contributed by atoms with Gasteiger partial charge in [-0.3, -0.25) is 9.59 Å². The molecule has 112 valence electrons. The SMILES string of the molecule is O=C(O)CC1CCCCN1C(=O)NCC(=O)NC1CC1. The van der Waals surface area contributed by atoms with E-state index in [2.05, 4.69) is 10.6 Å². The number of urea groups is 1. The first-order valence-electron chi connectivity index (χ1n) is 7.12. The van der Waals surface area contributed by atoms with Gasteiger partial charge in [-0.2, -0.15) is 0 Å². The Bertz CT molecular complexity index is 395. The molecule has 1 atom stereocenters. The summed E-state index contributed by atoms with van der Waals surface area (Å²) < 4.78 is 0. The molecule has 1 heterocycles. The van der Waals surface area contributed by atoms with Gasteiger partial charge in [-0.15, -0.1) is 0 Å². The van der Waals surface area contributed by atoms with E-state index in [9.17, 15) is 14.4 Å². The molecule has 0 aromatic carbocycles. The molecule has 0 aromatic rings. The van der Waals surface area contributed by atoms with E-state index in [1.807, 2.05) is 0 Å². The number of likely N-dealkylation sites (tertiary alicyclic amines) is 1. The summed E-state index contributed by atoms with van der Waals surface area (Å²) in [6, 6.07) is -0.344. The monoisotopic (exact) mass is 283 g/mol. The van der Waals surface area contributed by atoms with Crippen molar-refractivity contribution in [3.8, 4) is 0 Å². The first kappa shape index (κ1) is 14.6. The van der Waals surface area contributed by atoms with Gasteiger partial charge in [-0.1, -0.05) is 0 Å². The Labute approximate surface area is 117 Å². The maximum atomic E-state index is 12.0. The van der Waals surface area contributed by atoms with Crippen LogP contribution >= 0.6 is 0 Å². The Morgan fingerprint density at radius 3 is 2.55 bits per heavy atom. The lowest BCUT2D eigenvalue weighted by molar-refractivity contribution is -0.138. The number of aliphatic carboxylic acids is 1. The van der Waals surface area contributed by atoms with E-state index in [1.54, 1.807) is 4.90 Å². The zero-order valence-electron chi connectivity index (χ0n) is 11.4. The largest absolute Gasteiger partial charge is 0.481 e. The first-order chi connectivity index (χ1) is 9.56. The fraction of sp³-hybridized carbons (Fsp3) is 0.769. The van der Waals surface area contributed by atoms with Gasteiger partial charge in [0.05, 0.1) is 13.0 Å². The minimum absolute atomic E-state index is 0.0400. The Morgan fingerprint density at radius 1 is 1.15 bits per heavy atom. The lowest BCUT2D eigenvalue weighted by atomic mass is 10.00. The zero-order chi connectivity index (χ0) is 14.5. The second-order valence-electron chi connectivity index (χ2n) is 5.44. The molecule has 0 aromatic heterocycles. The van der Waals surface area contributed by atoms with Gasteiger partial charge in [0, 0.05) is 18.6 Å². The lowest BCUT2D eigenvalue weighted by Gasteiger charge is -2.34. The number of carbonyl (C=O) groups excluding carboxylic acids is 2. The van der Waals surface area contributed by atoms with Crippen molar-refractivity contribution in [3.05, 3.63) is 0 Å². The van der Waals surface area contributed by atoms with Crippen molar-refractivity contribution in [2.45, 2.75) is 50.6 Å². The smallest absolute Gasteiger partial charge is 0.318 e. The highest BCUT2D eigenvalue weighted by atomic mass is 16.4. The van der Waals surface area contributed by atoms with Crippen LogP contribution in [0.5, 0.6) is 0 Å². The van der Waals surface area contributed by atoms with Crippen LogP contribution in [0.15, 0.2) is 0 Å². The molecule has 0 spiro atoms. The summed E-state index contributed by atoms with van der Waals surface area (Å²) in [6.45, 7) is 0.500. The van der Waals surface area contributed by atoms with Crippen LogP contribution in [-0.4, -0.2) is 53.1 Å². The molecule has 1 aliphatic heterocycles.